The summed E-state index contributed by atoms with van der Waals surface area (Å²) in [5.41, 5.74) is 16.4. The van der Waals surface area contributed by atoms with Crippen molar-refractivity contribution in [1.82, 2.24) is 4.98 Å². The van der Waals surface area contributed by atoms with Crippen molar-refractivity contribution < 1.29 is 0 Å². The highest BCUT2D eigenvalue weighted by molar-refractivity contribution is 6.36. The van der Waals surface area contributed by atoms with E-state index in [1.54, 1.807) is 6.92 Å². The second-order valence-corrected chi connectivity index (χ2v) is 5.70. The number of amidine groups is 1. The SMILES string of the molecule is C/C(N)=C1\N=C(c2ccccc2Cl)c2nc(C)ccc2N=C1N. The van der Waals surface area contributed by atoms with Gasteiger partial charge < -0.3 is 11.5 Å². The lowest BCUT2D eigenvalue weighted by atomic mass is 10.0. The van der Waals surface area contributed by atoms with Crippen molar-refractivity contribution in [2.75, 3.05) is 0 Å². The number of nitrogens with two attached hydrogens (primary N) is 2. The van der Waals surface area contributed by atoms with Gasteiger partial charge in [0.2, 0.25) is 0 Å². The second kappa shape index (κ2) is 5.85. The Hall–Kier alpha value is -2.66. The molecule has 0 amide bonds. The molecule has 0 saturated heterocycles. The molecule has 0 fully saturated rings. The zero-order valence-electron chi connectivity index (χ0n) is 12.8. The maximum atomic E-state index is 6.36. The molecule has 3 rings (SSSR count). The maximum Gasteiger partial charge on any atom is 0.151 e. The Morgan fingerprint density at radius 1 is 1.09 bits per heavy atom. The maximum absolute atomic E-state index is 6.36. The largest absolute Gasteiger partial charge is 0.400 e. The van der Waals surface area contributed by atoms with Crippen LogP contribution < -0.4 is 11.5 Å². The number of halogens is 1. The zero-order valence-corrected chi connectivity index (χ0v) is 13.6. The molecular formula is C17H16ClN5. The van der Waals surface area contributed by atoms with Crippen molar-refractivity contribution in [2.45, 2.75) is 13.8 Å². The molecule has 0 atom stereocenters. The number of hydrogen-bond acceptors (Lipinski definition) is 5. The Labute approximate surface area is 139 Å². The summed E-state index contributed by atoms with van der Waals surface area (Å²) in [6, 6.07) is 11.2. The molecule has 1 aliphatic heterocycles. The van der Waals surface area contributed by atoms with Crippen molar-refractivity contribution in [2.24, 2.45) is 21.5 Å². The quantitative estimate of drug-likeness (QED) is 0.844. The first kappa shape index (κ1) is 15.2. The predicted molar refractivity (Wildman–Crippen MR) is 94.2 cm³/mol. The number of hydrogen-bond donors (Lipinski definition) is 2. The molecule has 1 aromatic heterocycles. The molecule has 6 heteroatoms. The van der Waals surface area contributed by atoms with E-state index in [0.717, 1.165) is 11.3 Å². The molecule has 1 aromatic carbocycles. The molecule has 0 saturated carbocycles. The van der Waals surface area contributed by atoms with Crippen molar-refractivity contribution in [1.29, 1.82) is 0 Å². The van der Waals surface area contributed by atoms with Crippen LogP contribution in [0.1, 0.15) is 23.9 Å². The smallest absolute Gasteiger partial charge is 0.151 e. The molecule has 23 heavy (non-hydrogen) atoms. The number of aliphatic imine (C=N–C) groups is 2. The lowest BCUT2D eigenvalue weighted by Gasteiger charge is -2.10. The van der Waals surface area contributed by atoms with Gasteiger partial charge in [-0.05, 0) is 32.0 Å². The van der Waals surface area contributed by atoms with Gasteiger partial charge in [-0.25, -0.2) is 15.0 Å². The minimum absolute atomic E-state index is 0.263. The van der Waals surface area contributed by atoms with Crippen LogP contribution in [0.15, 0.2) is 57.8 Å². The van der Waals surface area contributed by atoms with Crippen LogP contribution in [0.5, 0.6) is 0 Å². The third kappa shape index (κ3) is 2.83. The van der Waals surface area contributed by atoms with Crippen LogP contribution in [0.25, 0.3) is 0 Å². The van der Waals surface area contributed by atoms with Gasteiger partial charge in [-0.3, -0.25) is 0 Å². The fourth-order valence-electron chi connectivity index (χ4n) is 2.35. The van der Waals surface area contributed by atoms with E-state index in [1.165, 1.54) is 0 Å². The highest BCUT2D eigenvalue weighted by atomic mass is 35.5. The number of nitrogens with zero attached hydrogens (tertiary/aromatic N) is 3. The molecule has 2 aromatic rings. The first-order chi connectivity index (χ1) is 11.0. The van der Waals surface area contributed by atoms with Crippen LogP contribution in [-0.2, 0) is 0 Å². The third-order valence-electron chi connectivity index (χ3n) is 3.45. The Kier molecular flexibility index (Phi) is 3.88. The first-order valence-corrected chi connectivity index (χ1v) is 7.47. The van der Waals surface area contributed by atoms with Crippen LogP contribution in [0, 0.1) is 6.92 Å². The van der Waals surface area contributed by atoms with Gasteiger partial charge in [0.15, 0.2) is 5.84 Å². The summed E-state index contributed by atoms with van der Waals surface area (Å²) in [4.78, 5) is 13.6. The molecule has 0 aliphatic carbocycles. The number of benzene rings is 1. The fourth-order valence-corrected chi connectivity index (χ4v) is 2.58. The standard InChI is InChI=1S/C17H16ClN5/c1-9-7-8-13-16(21-9)15(11-5-3-4-6-12(11)18)23-14(10(2)19)17(20)22-13/h3-8H,19H2,1-2H3,(H2,20,22)/b14-10+. The topological polar surface area (TPSA) is 89.6 Å². The Bertz CT molecular complexity index is 876. The number of aromatic nitrogens is 1. The summed E-state index contributed by atoms with van der Waals surface area (Å²) < 4.78 is 0. The summed E-state index contributed by atoms with van der Waals surface area (Å²) in [6.45, 7) is 3.65. The summed E-state index contributed by atoms with van der Waals surface area (Å²) in [6.07, 6.45) is 0. The average molecular weight is 326 g/mol. The summed E-state index contributed by atoms with van der Waals surface area (Å²) in [7, 11) is 0. The monoisotopic (exact) mass is 325 g/mol. The van der Waals surface area contributed by atoms with E-state index < -0.39 is 0 Å². The number of allylic oxidation sites excluding steroid dienone is 1. The van der Waals surface area contributed by atoms with Crippen LogP contribution in [0.3, 0.4) is 0 Å². The molecule has 0 spiro atoms. The van der Waals surface area contributed by atoms with Gasteiger partial charge >= 0.3 is 0 Å². The number of rotatable bonds is 1. The van der Waals surface area contributed by atoms with Gasteiger partial charge in [-0.1, -0.05) is 29.8 Å². The van der Waals surface area contributed by atoms with Crippen molar-refractivity contribution in [3.63, 3.8) is 0 Å². The number of pyridine rings is 1. The van der Waals surface area contributed by atoms with E-state index in [0.29, 0.717) is 33.5 Å². The summed E-state index contributed by atoms with van der Waals surface area (Å²) in [5.74, 6) is 0.263. The van der Waals surface area contributed by atoms with Gasteiger partial charge in [0.1, 0.15) is 17.1 Å². The van der Waals surface area contributed by atoms with Crippen molar-refractivity contribution in [3.05, 3.63) is 69.8 Å². The zero-order chi connectivity index (χ0) is 16.6. The number of fused-ring (bicyclic) bond motifs is 1. The Morgan fingerprint density at radius 2 is 1.83 bits per heavy atom. The molecule has 116 valence electrons. The fraction of sp³-hybridized carbons (Fsp3) is 0.118. The van der Waals surface area contributed by atoms with E-state index in [9.17, 15) is 0 Å². The lowest BCUT2D eigenvalue weighted by molar-refractivity contribution is 1.17. The van der Waals surface area contributed by atoms with E-state index in [4.69, 9.17) is 23.1 Å². The van der Waals surface area contributed by atoms with E-state index >= 15 is 0 Å². The molecule has 1 aliphatic rings. The summed E-state index contributed by atoms with van der Waals surface area (Å²) in [5, 5.41) is 0.579. The molecule has 0 unspecified atom stereocenters. The molecule has 0 bridgehead atoms. The molecule has 5 nitrogen and oxygen atoms in total. The van der Waals surface area contributed by atoms with Gasteiger partial charge in [-0.15, -0.1) is 0 Å². The second-order valence-electron chi connectivity index (χ2n) is 5.29. The Balaban J connectivity index is 2.37. The molecule has 0 radical (unpaired) electrons. The minimum Gasteiger partial charge on any atom is -0.400 e. The van der Waals surface area contributed by atoms with Crippen LogP contribution >= 0.6 is 11.6 Å². The van der Waals surface area contributed by atoms with Gasteiger partial charge in [0, 0.05) is 17.0 Å². The van der Waals surface area contributed by atoms with Crippen LogP contribution in [-0.4, -0.2) is 16.5 Å². The normalized spacial score (nSPS) is 16.1. The highest BCUT2D eigenvalue weighted by Gasteiger charge is 2.21. The van der Waals surface area contributed by atoms with E-state index in [2.05, 4.69) is 15.0 Å². The minimum atomic E-state index is 0.263. The predicted octanol–water partition coefficient (Wildman–Crippen LogP) is 3.07. The van der Waals surface area contributed by atoms with Crippen LogP contribution in [0.4, 0.5) is 5.69 Å². The Morgan fingerprint density at radius 3 is 2.52 bits per heavy atom. The third-order valence-corrected chi connectivity index (χ3v) is 3.78. The summed E-state index contributed by atoms with van der Waals surface area (Å²) >= 11 is 6.36. The van der Waals surface area contributed by atoms with Crippen molar-refractivity contribution in [3.8, 4) is 0 Å². The lowest BCUT2D eigenvalue weighted by Crippen LogP contribution is -2.17. The average Bonchev–Trinajstić information content (AvgIpc) is 2.64. The van der Waals surface area contributed by atoms with E-state index in [-0.39, 0.29) is 5.84 Å². The highest BCUT2D eigenvalue weighted by Crippen LogP contribution is 2.29. The first-order valence-electron chi connectivity index (χ1n) is 7.10. The van der Waals surface area contributed by atoms with Crippen LogP contribution in [0.2, 0.25) is 5.02 Å². The van der Waals surface area contributed by atoms with Gasteiger partial charge in [0.05, 0.1) is 10.7 Å². The van der Waals surface area contributed by atoms with E-state index in [1.807, 2.05) is 43.3 Å². The molecular weight excluding hydrogens is 310 g/mol. The van der Waals surface area contributed by atoms with Crippen molar-refractivity contribution >= 4 is 28.8 Å². The molecule has 2 heterocycles. The van der Waals surface area contributed by atoms with Gasteiger partial charge in [-0.2, -0.15) is 0 Å². The number of aryl methyl sites for hydroxylation is 1. The van der Waals surface area contributed by atoms with Gasteiger partial charge in [0.25, 0.3) is 0 Å². The molecule has 4 N–H and O–H groups in total.